The van der Waals surface area contributed by atoms with Gasteiger partial charge in [-0.1, -0.05) is 37.6 Å². The number of benzene rings is 2. The Morgan fingerprint density at radius 3 is 2.20 bits per heavy atom. The van der Waals surface area contributed by atoms with E-state index in [1.165, 1.54) is 0 Å². The highest BCUT2D eigenvalue weighted by molar-refractivity contribution is 7.54. The van der Waals surface area contributed by atoms with E-state index in [4.69, 9.17) is 20.6 Å². The van der Waals surface area contributed by atoms with E-state index in [1.807, 2.05) is 13.8 Å². The molecule has 0 unspecified atom stereocenters. The molecule has 1 fully saturated rings. The summed E-state index contributed by atoms with van der Waals surface area (Å²) in [5.41, 5.74) is 1.26. The van der Waals surface area contributed by atoms with Crippen molar-refractivity contribution in [2.45, 2.75) is 19.6 Å². The molecule has 2 aromatic carbocycles. The lowest BCUT2D eigenvalue weighted by molar-refractivity contribution is 0.0387. The lowest BCUT2D eigenvalue weighted by atomic mass is 9.97. The number of halogens is 1. The van der Waals surface area contributed by atoms with E-state index in [2.05, 4.69) is 5.32 Å². The Morgan fingerprint density at radius 1 is 1.08 bits per heavy atom. The molecule has 0 aromatic heterocycles. The molecule has 134 valence electrons. The number of phenols is 1. The molecule has 0 spiro atoms. The summed E-state index contributed by atoms with van der Waals surface area (Å²) in [4.78, 5) is 0. The molecule has 2 aromatic rings. The third kappa shape index (κ3) is 4.36. The van der Waals surface area contributed by atoms with Gasteiger partial charge in [0.15, 0.2) is 5.78 Å². The molecule has 1 aliphatic rings. The number of aromatic hydroxyl groups is 1. The van der Waals surface area contributed by atoms with Crippen LogP contribution in [0.5, 0.6) is 5.75 Å². The molecule has 1 heterocycles. The van der Waals surface area contributed by atoms with Gasteiger partial charge in [0, 0.05) is 16.1 Å². The van der Waals surface area contributed by atoms with Crippen LogP contribution < -0.4 is 5.32 Å². The maximum absolute atomic E-state index is 13.4. The van der Waals surface area contributed by atoms with Crippen LogP contribution in [0.3, 0.4) is 0 Å². The Balaban J connectivity index is 1.92. The Kier molecular flexibility index (Phi) is 5.12. The quantitative estimate of drug-likeness (QED) is 0.692. The summed E-state index contributed by atoms with van der Waals surface area (Å²) in [5.74, 6) is -0.552. The molecule has 0 aliphatic carbocycles. The van der Waals surface area contributed by atoms with Crippen LogP contribution in [0.2, 0.25) is 5.02 Å². The number of hydrogen-bond acceptors (Lipinski definition) is 5. The van der Waals surface area contributed by atoms with Crippen LogP contribution >= 0.6 is 19.2 Å². The minimum Gasteiger partial charge on any atom is -0.508 e. The molecule has 1 atom stereocenters. The molecule has 0 radical (unpaired) electrons. The summed E-state index contributed by atoms with van der Waals surface area (Å²) in [6.45, 7) is 4.69. The first-order chi connectivity index (χ1) is 11.8. The highest BCUT2D eigenvalue weighted by Crippen LogP contribution is 2.64. The third-order valence-electron chi connectivity index (χ3n) is 3.94. The third-order valence-corrected chi connectivity index (χ3v) is 6.23. The van der Waals surface area contributed by atoms with Crippen molar-refractivity contribution in [3.8, 4) is 5.75 Å². The summed E-state index contributed by atoms with van der Waals surface area (Å²) in [6.07, 6.45) is 0. The maximum Gasteiger partial charge on any atom is 0.357 e. The second-order valence-corrected chi connectivity index (χ2v) is 9.45. The first-order valence-electron chi connectivity index (χ1n) is 7.97. The average Bonchev–Trinajstić information content (AvgIpc) is 2.58. The molecule has 5 nitrogen and oxygen atoms in total. The predicted octanol–water partition coefficient (Wildman–Crippen LogP) is 5.42. The van der Waals surface area contributed by atoms with Gasteiger partial charge in [-0.2, -0.15) is 0 Å². The van der Waals surface area contributed by atoms with Crippen molar-refractivity contribution in [3.05, 3.63) is 59.1 Å². The fraction of sp³-hybridized carbons (Fsp3) is 0.333. The van der Waals surface area contributed by atoms with Crippen LogP contribution in [-0.2, 0) is 13.6 Å². The van der Waals surface area contributed by atoms with E-state index < -0.39 is 13.4 Å². The van der Waals surface area contributed by atoms with Gasteiger partial charge < -0.3 is 19.5 Å². The molecule has 0 bridgehead atoms. The summed E-state index contributed by atoms with van der Waals surface area (Å²) in [6, 6.07) is 13.6. The van der Waals surface area contributed by atoms with E-state index in [0.717, 1.165) is 5.69 Å². The molecule has 0 amide bonds. The second-order valence-electron chi connectivity index (χ2n) is 6.90. The van der Waals surface area contributed by atoms with Gasteiger partial charge in [-0.15, -0.1) is 0 Å². The van der Waals surface area contributed by atoms with Crippen LogP contribution in [0.15, 0.2) is 48.5 Å². The summed E-state index contributed by atoms with van der Waals surface area (Å²) >= 11 is 5.93. The first-order valence-corrected chi connectivity index (χ1v) is 9.96. The van der Waals surface area contributed by atoms with Gasteiger partial charge in [-0.3, -0.25) is 4.57 Å². The van der Waals surface area contributed by atoms with Crippen molar-refractivity contribution >= 4 is 24.9 Å². The largest absolute Gasteiger partial charge is 0.508 e. The minimum absolute atomic E-state index is 0.138. The Morgan fingerprint density at radius 2 is 1.64 bits per heavy atom. The predicted molar refractivity (Wildman–Crippen MR) is 99.2 cm³/mol. The summed E-state index contributed by atoms with van der Waals surface area (Å²) < 4.78 is 24.8. The smallest absolute Gasteiger partial charge is 0.357 e. The molecule has 3 rings (SSSR count). The average molecular weight is 382 g/mol. The van der Waals surface area contributed by atoms with E-state index in [-0.39, 0.29) is 11.2 Å². The number of nitrogens with one attached hydrogen (secondary N) is 1. The maximum atomic E-state index is 13.4. The Labute approximate surface area is 152 Å². The molecule has 0 saturated carbocycles. The first kappa shape index (κ1) is 18.3. The molecular weight excluding hydrogens is 361 g/mol. The van der Waals surface area contributed by atoms with Gasteiger partial charge in [0.25, 0.3) is 0 Å². The fourth-order valence-corrected chi connectivity index (χ4v) is 4.86. The summed E-state index contributed by atoms with van der Waals surface area (Å²) in [7, 11) is -3.44. The van der Waals surface area contributed by atoms with Crippen LogP contribution in [0.1, 0.15) is 25.2 Å². The van der Waals surface area contributed by atoms with E-state index >= 15 is 0 Å². The highest BCUT2D eigenvalue weighted by atomic mass is 35.5. The topological polar surface area (TPSA) is 67.8 Å². The zero-order valence-corrected chi connectivity index (χ0v) is 15.8. The van der Waals surface area contributed by atoms with E-state index in [9.17, 15) is 9.67 Å². The van der Waals surface area contributed by atoms with Crippen molar-refractivity contribution in [1.29, 1.82) is 0 Å². The molecule has 7 heteroatoms. The lowest BCUT2D eigenvalue weighted by Gasteiger charge is -2.38. The summed E-state index contributed by atoms with van der Waals surface area (Å²) in [5, 5.41) is 13.4. The van der Waals surface area contributed by atoms with Gasteiger partial charge in [0.2, 0.25) is 0 Å². The SMILES string of the molecule is CC1(C)COP(=O)([C@H](Nc2ccc(Cl)cc2)c2ccc(O)cc2)OC1. The number of hydrogen-bond donors (Lipinski definition) is 2. The van der Waals surface area contributed by atoms with E-state index in [1.54, 1.807) is 48.5 Å². The monoisotopic (exact) mass is 381 g/mol. The molecule has 25 heavy (non-hydrogen) atoms. The standard InChI is InChI=1S/C18H21ClNO4P/c1-18(2)11-23-25(22,24-12-18)17(13-3-9-16(21)10-4-13)20-15-7-5-14(19)6-8-15/h3-10,17,20-21H,11-12H2,1-2H3/t17-/m0/s1. The molecule has 1 aliphatic heterocycles. The lowest BCUT2D eigenvalue weighted by Crippen LogP contribution is -2.31. The number of anilines is 1. The van der Waals surface area contributed by atoms with Crippen molar-refractivity contribution in [2.75, 3.05) is 18.5 Å². The fourth-order valence-electron chi connectivity index (χ4n) is 2.46. The van der Waals surface area contributed by atoms with Gasteiger partial charge in [0.05, 0.1) is 13.2 Å². The zero-order valence-electron chi connectivity index (χ0n) is 14.1. The second kappa shape index (κ2) is 7.00. The zero-order chi connectivity index (χ0) is 18.1. The number of rotatable bonds is 4. The van der Waals surface area contributed by atoms with Crippen molar-refractivity contribution < 1.29 is 18.7 Å². The Hall–Kier alpha value is -1.52. The van der Waals surface area contributed by atoms with Crippen LogP contribution in [0, 0.1) is 5.41 Å². The van der Waals surface area contributed by atoms with Gasteiger partial charge in [0.1, 0.15) is 5.75 Å². The van der Waals surface area contributed by atoms with Crippen LogP contribution in [0.25, 0.3) is 0 Å². The molecular formula is C18H21ClNO4P. The van der Waals surface area contributed by atoms with Crippen LogP contribution in [0.4, 0.5) is 5.69 Å². The molecule has 1 saturated heterocycles. The van der Waals surface area contributed by atoms with Gasteiger partial charge >= 0.3 is 7.60 Å². The Bertz CT molecular complexity index is 763. The normalized spacial score (nSPS) is 20.0. The van der Waals surface area contributed by atoms with E-state index in [0.29, 0.717) is 23.8 Å². The van der Waals surface area contributed by atoms with Crippen molar-refractivity contribution in [2.24, 2.45) is 5.41 Å². The molecule has 2 N–H and O–H groups in total. The van der Waals surface area contributed by atoms with Gasteiger partial charge in [-0.05, 0) is 42.0 Å². The minimum atomic E-state index is -3.44. The van der Waals surface area contributed by atoms with Crippen LogP contribution in [-0.4, -0.2) is 18.3 Å². The number of phenolic OH excluding ortho intramolecular Hbond substituents is 1. The van der Waals surface area contributed by atoms with Crippen molar-refractivity contribution in [3.63, 3.8) is 0 Å². The van der Waals surface area contributed by atoms with Crippen molar-refractivity contribution in [1.82, 2.24) is 0 Å². The highest BCUT2D eigenvalue weighted by Gasteiger charge is 2.43. The van der Waals surface area contributed by atoms with Gasteiger partial charge in [-0.25, -0.2) is 0 Å².